The lowest BCUT2D eigenvalue weighted by Gasteiger charge is -2.28. The van der Waals surface area contributed by atoms with Crippen LogP contribution in [0.1, 0.15) is 13.8 Å². The fraction of sp³-hybridized carbons (Fsp3) is 1.00. The summed E-state index contributed by atoms with van der Waals surface area (Å²) in [5.41, 5.74) is 4.97. The summed E-state index contributed by atoms with van der Waals surface area (Å²) in [4.78, 5) is 0. The highest BCUT2D eigenvalue weighted by Gasteiger charge is 2.23. The standard InChI is InChI=1S/C6H16N2O/c1-6(2,8-3)5(9)4-7/h5,8-9H,4,7H2,1-3H3. The number of aliphatic hydroxyl groups is 1. The third-order valence-electron chi connectivity index (χ3n) is 1.70. The average molecular weight is 132 g/mol. The van der Waals surface area contributed by atoms with E-state index in [9.17, 15) is 5.11 Å². The van der Waals surface area contributed by atoms with Crippen LogP contribution in [0.4, 0.5) is 0 Å². The molecule has 56 valence electrons. The minimum absolute atomic E-state index is 0.269. The molecule has 0 rings (SSSR count). The van der Waals surface area contributed by atoms with E-state index in [0.29, 0.717) is 6.54 Å². The van der Waals surface area contributed by atoms with E-state index in [1.54, 1.807) is 7.05 Å². The molecule has 3 heteroatoms. The fourth-order valence-electron chi connectivity index (χ4n) is 0.461. The van der Waals surface area contributed by atoms with Crippen molar-refractivity contribution in [2.24, 2.45) is 5.73 Å². The van der Waals surface area contributed by atoms with Crippen molar-refractivity contribution in [3.05, 3.63) is 0 Å². The van der Waals surface area contributed by atoms with Crippen LogP contribution >= 0.6 is 0 Å². The summed E-state index contributed by atoms with van der Waals surface area (Å²) in [7, 11) is 1.80. The van der Waals surface area contributed by atoms with Crippen LogP contribution in [0.3, 0.4) is 0 Å². The maximum atomic E-state index is 9.20. The van der Waals surface area contributed by atoms with Crippen molar-refractivity contribution in [3.8, 4) is 0 Å². The Morgan fingerprint density at radius 1 is 1.67 bits per heavy atom. The van der Waals surface area contributed by atoms with Gasteiger partial charge in [-0.2, -0.15) is 0 Å². The third kappa shape index (κ3) is 2.30. The predicted octanol–water partition coefficient (Wildman–Crippen LogP) is -0.696. The van der Waals surface area contributed by atoms with Crippen LogP contribution in [0, 0.1) is 0 Å². The maximum absolute atomic E-state index is 9.20. The Morgan fingerprint density at radius 2 is 2.11 bits per heavy atom. The molecular formula is C6H16N2O. The van der Waals surface area contributed by atoms with Crippen molar-refractivity contribution >= 4 is 0 Å². The van der Waals surface area contributed by atoms with Crippen molar-refractivity contribution in [2.75, 3.05) is 13.6 Å². The Morgan fingerprint density at radius 3 is 2.22 bits per heavy atom. The van der Waals surface area contributed by atoms with Gasteiger partial charge < -0.3 is 16.2 Å². The van der Waals surface area contributed by atoms with Crippen LogP contribution in [0.2, 0.25) is 0 Å². The van der Waals surface area contributed by atoms with Crippen LogP contribution in [0.25, 0.3) is 0 Å². The Bertz CT molecular complexity index is 83.1. The molecule has 0 aliphatic heterocycles. The lowest BCUT2D eigenvalue weighted by molar-refractivity contribution is 0.0929. The molecule has 0 aliphatic carbocycles. The predicted molar refractivity (Wildman–Crippen MR) is 38.2 cm³/mol. The molecule has 0 bridgehead atoms. The summed E-state index contributed by atoms with van der Waals surface area (Å²) in [6.07, 6.45) is -0.470. The SMILES string of the molecule is CNC(C)(C)C(O)CN. The second-order valence-electron chi connectivity index (χ2n) is 2.72. The molecule has 3 nitrogen and oxygen atoms in total. The largest absolute Gasteiger partial charge is 0.390 e. The Hall–Kier alpha value is -0.120. The third-order valence-corrected chi connectivity index (χ3v) is 1.70. The van der Waals surface area contributed by atoms with Gasteiger partial charge in [-0.3, -0.25) is 0 Å². The zero-order valence-corrected chi connectivity index (χ0v) is 6.31. The molecule has 0 aromatic rings. The van der Waals surface area contributed by atoms with E-state index >= 15 is 0 Å². The van der Waals surface area contributed by atoms with Gasteiger partial charge >= 0.3 is 0 Å². The summed E-state index contributed by atoms with van der Waals surface area (Å²) in [6.45, 7) is 4.11. The van der Waals surface area contributed by atoms with Gasteiger partial charge in [-0.1, -0.05) is 0 Å². The van der Waals surface area contributed by atoms with E-state index in [4.69, 9.17) is 5.73 Å². The highest BCUT2D eigenvalue weighted by molar-refractivity contribution is 4.84. The molecule has 0 heterocycles. The molecule has 1 unspecified atom stereocenters. The van der Waals surface area contributed by atoms with Gasteiger partial charge in [-0.25, -0.2) is 0 Å². The molecule has 4 N–H and O–H groups in total. The summed E-state index contributed by atoms with van der Waals surface area (Å²) in [5.74, 6) is 0. The van der Waals surface area contributed by atoms with Crippen LogP contribution in [-0.2, 0) is 0 Å². The molecule has 0 spiro atoms. The molecule has 0 saturated carbocycles. The Balaban J connectivity index is 3.80. The van der Waals surface area contributed by atoms with E-state index in [0.717, 1.165) is 0 Å². The zero-order valence-electron chi connectivity index (χ0n) is 6.31. The van der Waals surface area contributed by atoms with Gasteiger partial charge in [0.2, 0.25) is 0 Å². The molecule has 9 heavy (non-hydrogen) atoms. The van der Waals surface area contributed by atoms with Crippen LogP contribution in [0.15, 0.2) is 0 Å². The minimum atomic E-state index is -0.470. The van der Waals surface area contributed by atoms with Gasteiger partial charge in [0.1, 0.15) is 0 Å². The van der Waals surface area contributed by atoms with Gasteiger partial charge in [0, 0.05) is 12.1 Å². The first-order chi connectivity index (χ1) is 4.04. The minimum Gasteiger partial charge on any atom is -0.390 e. The molecule has 0 amide bonds. The fourth-order valence-corrected chi connectivity index (χ4v) is 0.461. The quantitative estimate of drug-likeness (QED) is 0.476. The number of likely N-dealkylation sites (N-methyl/N-ethyl adjacent to an activating group) is 1. The first-order valence-corrected chi connectivity index (χ1v) is 3.11. The molecule has 0 radical (unpaired) electrons. The molecule has 0 aromatic carbocycles. The molecular weight excluding hydrogens is 116 g/mol. The summed E-state index contributed by atoms with van der Waals surface area (Å²) in [5, 5.41) is 12.2. The van der Waals surface area contributed by atoms with Crippen LogP contribution < -0.4 is 11.1 Å². The summed E-state index contributed by atoms with van der Waals surface area (Å²) >= 11 is 0. The molecule has 0 saturated heterocycles. The van der Waals surface area contributed by atoms with Crippen molar-refractivity contribution < 1.29 is 5.11 Å². The van der Waals surface area contributed by atoms with Gasteiger partial charge in [0.25, 0.3) is 0 Å². The van der Waals surface area contributed by atoms with E-state index in [1.165, 1.54) is 0 Å². The summed E-state index contributed by atoms with van der Waals surface area (Å²) < 4.78 is 0. The first-order valence-electron chi connectivity index (χ1n) is 3.11. The second-order valence-corrected chi connectivity index (χ2v) is 2.72. The number of aliphatic hydroxyl groups excluding tert-OH is 1. The Labute approximate surface area is 56.2 Å². The highest BCUT2D eigenvalue weighted by Crippen LogP contribution is 2.05. The van der Waals surface area contributed by atoms with Crippen molar-refractivity contribution in [2.45, 2.75) is 25.5 Å². The maximum Gasteiger partial charge on any atom is 0.0838 e. The van der Waals surface area contributed by atoms with Gasteiger partial charge in [0.05, 0.1) is 6.10 Å². The first kappa shape index (κ1) is 8.88. The van der Waals surface area contributed by atoms with Gasteiger partial charge in [-0.05, 0) is 20.9 Å². The Kier molecular flexibility index (Phi) is 3.11. The normalized spacial score (nSPS) is 15.7. The van der Waals surface area contributed by atoms with E-state index in [2.05, 4.69) is 5.32 Å². The molecule has 1 atom stereocenters. The van der Waals surface area contributed by atoms with Gasteiger partial charge in [-0.15, -0.1) is 0 Å². The number of nitrogens with two attached hydrogens (primary N) is 1. The lowest BCUT2D eigenvalue weighted by Crippen LogP contribution is -2.50. The number of nitrogens with one attached hydrogen (secondary N) is 1. The van der Waals surface area contributed by atoms with Gasteiger partial charge in [0.15, 0.2) is 0 Å². The number of hydrogen-bond donors (Lipinski definition) is 3. The zero-order chi connectivity index (χ0) is 7.49. The van der Waals surface area contributed by atoms with Crippen LogP contribution in [0.5, 0.6) is 0 Å². The monoisotopic (exact) mass is 132 g/mol. The van der Waals surface area contributed by atoms with E-state index in [1.807, 2.05) is 13.8 Å². The molecule has 0 fully saturated rings. The smallest absolute Gasteiger partial charge is 0.0838 e. The van der Waals surface area contributed by atoms with E-state index in [-0.39, 0.29) is 5.54 Å². The summed E-state index contributed by atoms with van der Waals surface area (Å²) in [6, 6.07) is 0. The molecule has 0 aliphatic rings. The number of rotatable bonds is 3. The topological polar surface area (TPSA) is 58.3 Å². The van der Waals surface area contributed by atoms with Crippen molar-refractivity contribution in [3.63, 3.8) is 0 Å². The molecule has 0 aromatic heterocycles. The van der Waals surface area contributed by atoms with Crippen molar-refractivity contribution in [1.29, 1.82) is 0 Å². The van der Waals surface area contributed by atoms with Crippen molar-refractivity contribution in [1.82, 2.24) is 5.32 Å². The highest BCUT2D eigenvalue weighted by atomic mass is 16.3. The number of hydrogen-bond acceptors (Lipinski definition) is 3. The van der Waals surface area contributed by atoms with E-state index < -0.39 is 6.10 Å². The van der Waals surface area contributed by atoms with Crippen LogP contribution in [-0.4, -0.2) is 30.3 Å². The average Bonchev–Trinajstić information content (AvgIpc) is 1.86. The lowest BCUT2D eigenvalue weighted by atomic mass is 9.98. The second kappa shape index (κ2) is 3.15.